The second kappa shape index (κ2) is 6.53. The first kappa shape index (κ1) is 15.2. The van der Waals surface area contributed by atoms with Crippen LogP contribution in [0.15, 0.2) is 24.5 Å². The molecule has 2 rings (SSSR count). The highest BCUT2D eigenvalue weighted by Crippen LogP contribution is 2.26. The maximum absolute atomic E-state index is 12.3. The van der Waals surface area contributed by atoms with Crippen LogP contribution in [0.2, 0.25) is 0 Å². The van der Waals surface area contributed by atoms with Crippen LogP contribution in [0.5, 0.6) is 0 Å². The summed E-state index contributed by atoms with van der Waals surface area (Å²) in [5.74, 6) is 0.0358. The number of anilines is 2. The summed E-state index contributed by atoms with van der Waals surface area (Å²) in [6.45, 7) is 5.92. The largest absolute Gasteiger partial charge is 0.382 e. The molecule has 0 fully saturated rings. The molecule has 0 saturated heterocycles. The summed E-state index contributed by atoms with van der Waals surface area (Å²) >= 11 is 1.26. The van der Waals surface area contributed by atoms with Crippen LogP contribution in [0.25, 0.3) is 0 Å². The van der Waals surface area contributed by atoms with Crippen molar-refractivity contribution in [3.63, 3.8) is 0 Å². The number of carbonyl (C=O) groups is 1. The Morgan fingerprint density at radius 2 is 1.95 bits per heavy atom. The van der Waals surface area contributed by atoms with Gasteiger partial charge in [-0.3, -0.25) is 9.78 Å². The summed E-state index contributed by atoms with van der Waals surface area (Å²) in [5, 5.41) is 6.72. The van der Waals surface area contributed by atoms with E-state index in [1.165, 1.54) is 11.3 Å². The number of aromatic nitrogens is 2. The van der Waals surface area contributed by atoms with E-state index in [9.17, 15) is 4.79 Å². The number of hydrogen-bond donors (Lipinski definition) is 3. The Labute approximate surface area is 127 Å². The van der Waals surface area contributed by atoms with E-state index in [0.717, 1.165) is 5.56 Å². The predicted octanol–water partition coefficient (Wildman–Crippen LogP) is 2.43. The predicted molar refractivity (Wildman–Crippen MR) is 85.4 cm³/mol. The van der Waals surface area contributed by atoms with E-state index in [0.29, 0.717) is 10.0 Å². The average molecular weight is 305 g/mol. The molecular weight excluding hydrogens is 286 g/mol. The third kappa shape index (κ3) is 3.91. The minimum Gasteiger partial charge on any atom is -0.382 e. The molecule has 2 aromatic rings. The SMILES string of the molecule is CC(C)Nc1nc(N)c(C(=O)NC(C)c2ccncc2)s1. The zero-order chi connectivity index (χ0) is 15.4. The van der Waals surface area contributed by atoms with Gasteiger partial charge in [-0.05, 0) is 38.5 Å². The lowest BCUT2D eigenvalue weighted by Gasteiger charge is -2.13. The van der Waals surface area contributed by atoms with Crippen molar-refractivity contribution in [2.24, 2.45) is 0 Å². The van der Waals surface area contributed by atoms with Gasteiger partial charge in [0, 0.05) is 18.4 Å². The fraction of sp³-hybridized carbons (Fsp3) is 0.357. The van der Waals surface area contributed by atoms with Gasteiger partial charge in [0.25, 0.3) is 5.91 Å². The zero-order valence-corrected chi connectivity index (χ0v) is 13.1. The lowest BCUT2D eigenvalue weighted by molar-refractivity contribution is 0.0944. The van der Waals surface area contributed by atoms with Crippen LogP contribution in [0, 0.1) is 0 Å². The molecule has 4 N–H and O–H groups in total. The van der Waals surface area contributed by atoms with E-state index in [-0.39, 0.29) is 23.8 Å². The van der Waals surface area contributed by atoms with Crippen molar-refractivity contribution in [2.75, 3.05) is 11.1 Å². The van der Waals surface area contributed by atoms with Crippen LogP contribution >= 0.6 is 11.3 Å². The molecule has 0 radical (unpaired) electrons. The smallest absolute Gasteiger partial charge is 0.265 e. The van der Waals surface area contributed by atoms with Crippen LogP contribution in [-0.4, -0.2) is 21.9 Å². The molecule has 1 amide bonds. The van der Waals surface area contributed by atoms with Gasteiger partial charge in [-0.1, -0.05) is 11.3 Å². The van der Waals surface area contributed by atoms with Crippen LogP contribution in [-0.2, 0) is 0 Å². The standard InChI is InChI=1S/C14H19N5OS/c1-8(2)17-14-19-12(15)11(21-14)13(20)18-9(3)10-4-6-16-7-5-10/h4-9H,15H2,1-3H3,(H,17,19)(H,18,20). The van der Waals surface area contributed by atoms with Crippen LogP contribution in [0.4, 0.5) is 10.9 Å². The highest BCUT2D eigenvalue weighted by atomic mass is 32.1. The summed E-state index contributed by atoms with van der Waals surface area (Å²) in [6, 6.07) is 3.85. The van der Waals surface area contributed by atoms with E-state index in [4.69, 9.17) is 5.73 Å². The van der Waals surface area contributed by atoms with Gasteiger partial charge in [0.1, 0.15) is 10.7 Å². The molecule has 0 aliphatic rings. The summed E-state index contributed by atoms with van der Waals surface area (Å²) in [6.07, 6.45) is 3.40. The number of carbonyl (C=O) groups excluding carboxylic acids is 1. The van der Waals surface area contributed by atoms with E-state index in [1.54, 1.807) is 12.4 Å². The molecule has 1 unspecified atom stereocenters. The molecule has 112 valence electrons. The number of nitrogen functional groups attached to an aromatic ring is 1. The topological polar surface area (TPSA) is 92.9 Å². The normalized spacial score (nSPS) is 12.2. The average Bonchev–Trinajstić information content (AvgIpc) is 2.79. The van der Waals surface area contributed by atoms with Gasteiger partial charge in [0.15, 0.2) is 5.13 Å². The number of nitrogens with one attached hydrogen (secondary N) is 2. The Kier molecular flexibility index (Phi) is 4.74. The fourth-order valence-corrected chi connectivity index (χ4v) is 2.73. The molecule has 0 aromatic carbocycles. The van der Waals surface area contributed by atoms with Crippen molar-refractivity contribution >= 4 is 28.2 Å². The van der Waals surface area contributed by atoms with E-state index in [1.807, 2.05) is 32.9 Å². The lowest BCUT2D eigenvalue weighted by Crippen LogP contribution is -2.26. The third-order valence-corrected chi connectivity index (χ3v) is 3.83. The molecule has 0 saturated carbocycles. The highest BCUT2D eigenvalue weighted by molar-refractivity contribution is 7.18. The fourth-order valence-electron chi connectivity index (χ4n) is 1.80. The van der Waals surface area contributed by atoms with Crippen LogP contribution in [0.3, 0.4) is 0 Å². The number of pyridine rings is 1. The molecule has 21 heavy (non-hydrogen) atoms. The van der Waals surface area contributed by atoms with Crippen molar-refractivity contribution in [1.29, 1.82) is 0 Å². The van der Waals surface area contributed by atoms with Crippen LogP contribution < -0.4 is 16.4 Å². The number of rotatable bonds is 5. The van der Waals surface area contributed by atoms with Gasteiger partial charge in [-0.25, -0.2) is 4.98 Å². The van der Waals surface area contributed by atoms with Crippen molar-refractivity contribution in [3.05, 3.63) is 35.0 Å². The first-order valence-electron chi connectivity index (χ1n) is 6.71. The number of nitrogens with two attached hydrogens (primary N) is 1. The van der Waals surface area contributed by atoms with E-state index in [2.05, 4.69) is 20.6 Å². The molecule has 7 heteroatoms. The van der Waals surface area contributed by atoms with E-state index >= 15 is 0 Å². The molecule has 6 nitrogen and oxygen atoms in total. The van der Waals surface area contributed by atoms with Gasteiger partial charge >= 0.3 is 0 Å². The molecule has 2 aromatic heterocycles. The highest BCUT2D eigenvalue weighted by Gasteiger charge is 2.18. The summed E-state index contributed by atoms with van der Waals surface area (Å²) in [5.41, 5.74) is 6.81. The molecule has 2 heterocycles. The third-order valence-electron chi connectivity index (χ3n) is 2.83. The number of amides is 1. The Bertz CT molecular complexity index is 611. The van der Waals surface area contributed by atoms with Gasteiger partial charge in [-0.15, -0.1) is 0 Å². The maximum atomic E-state index is 12.3. The molecule has 0 bridgehead atoms. The second-order valence-electron chi connectivity index (χ2n) is 5.01. The molecular formula is C14H19N5OS. The minimum absolute atomic E-state index is 0.122. The summed E-state index contributed by atoms with van der Waals surface area (Å²) < 4.78 is 0. The Morgan fingerprint density at radius 3 is 2.57 bits per heavy atom. The summed E-state index contributed by atoms with van der Waals surface area (Å²) in [4.78, 5) is 20.8. The van der Waals surface area contributed by atoms with Crippen molar-refractivity contribution < 1.29 is 4.79 Å². The molecule has 0 aliphatic heterocycles. The van der Waals surface area contributed by atoms with Crippen molar-refractivity contribution in [1.82, 2.24) is 15.3 Å². The monoisotopic (exact) mass is 305 g/mol. The molecule has 0 aliphatic carbocycles. The Morgan fingerprint density at radius 1 is 1.29 bits per heavy atom. The number of nitrogens with zero attached hydrogens (tertiary/aromatic N) is 2. The Hall–Kier alpha value is -2.15. The van der Waals surface area contributed by atoms with Gasteiger partial charge in [-0.2, -0.15) is 0 Å². The first-order chi connectivity index (χ1) is 9.97. The first-order valence-corrected chi connectivity index (χ1v) is 7.52. The molecule has 1 atom stereocenters. The molecule has 0 spiro atoms. The Balaban J connectivity index is 2.08. The van der Waals surface area contributed by atoms with Gasteiger partial charge in [0.05, 0.1) is 6.04 Å². The minimum atomic E-state index is -0.217. The lowest BCUT2D eigenvalue weighted by atomic mass is 10.1. The number of thiazole rings is 1. The quantitative estimate of drug-likeness (QED) is 0.789. The van der Waals surface area contributed by atoms with Gasteiger partial charge < -0.3 is 16.4 Å². The van der Waals surface area contributed by atoms with Crippen molar-refractivity contribution in [2.45, 2.75) is 32.9 Å². The number of hydrogen-bond acceptors (Lipinski definition) is 6. The maximum Gasteiger partial charge on any atom is 0.265 e. The second-order valence-corrected chi connectivity index (χ2v) is 6.01. The summed E-state index contributed by atoms with van der Waals surface area (Å²) in [7, 11) is 0. The van der Waals surface area contributed by atoms with E-state index < -0.39 is 0 Å². The van der Waals surface area contributed by atoms with Gasteiger partial charge in [0.2, 0.25) is 0 Å². The zero-order valence-electron chi connectivity index (χ0n) is 12.3. The van der Waals surface area contributed by atoms with Crippen LogP contribution in [0.1, 0.15) is 42.0 Å². The van der Waals surface area contributed by atoms with Crippen molar-refractivity contribution in [3.8, 4) is 0 Å².